The van der Waals surface area contributed by atoms with Crippen LogP contribution in [0.4, 0.5) is 0 Å². The molecule has 0 bridgehead atoms. The van der Waals surface area contributed by atoms with Crippen molar-refractivity contribution in [3.63, 3.8) is 0 Å². The summed E-state index contributed by atoms with van der Waals surface area (Å²) in [6.45, 7) is 9.57. The van der Waals surface area contributed by atoms with E-state index in [0.717, 1.165) is 6.42 Å². The number of allylic oxidation sites excluding steroid dienone is 3. The Morgan fingerprint density at radius 2 is 1.77 bits per heavy atom. The fraction of sp³-hybridized carbons (Fsp3) is 0.542. The molecule has 3 rings (SSSR count). The van der Waals surface area contributed by atoms with Gasteiger partial charge in [0.25, 0.3) is 0 Å². The summed E-state index contributed by atoms with van der Waals surface area (Å²) in [6, 6.07) is 5.04. The number of hydrogen-bond donors (Lipinski definition) is 1. The van der Waals surface area contributed by atoms with Crippen molar-refractivity contribution in [3.8, 4) is 0 Å². The van der Waals surface area contributed by atoms with Crippen molar-refractivity contribution in [2.45, 2.75) is 83.0 Å². The molecule has 1 atom stereocenters. The topological polar surface area (TPSA) is 37.3 Å². The smallest absolute Gasteiger partial charge is 0.328 e. The highest BCUT2D eigenvalue weighted by Gasteiger charge is 2.38. The maximum Gasteiger partial charge on any atom is 0.328 e. The molecule has 0 heterocycles. The Balaban J connectivity index is 1.91. The average molecular weight is 353 g/mol. The summed E-state index contributed by atoms with van der Waals surface area (Å²) in [7, 11) is 0. The molecule has 26 heavy (non-hydrogen) atoms. The SMILES string of the molecule is CC1(C)CCC(C)(C)c2cc3c(cc21)CCCC3CC=CC=CC(=O)O. The summed E-state index contributed by atoms with van der Waals surface area (Å²) < 4.78 is 0. The number of benzene rings is 1. The van der Waals surface area contributed by atoms with Gasteiger partial charge in [-0.2, -0.15) is 0 Å². The van der Waals surface area contributed by atoms with Crippen LogP contribution in [-0.4, -0.2) is 11.1 Å². The lowest BCUT2D eigenvalue weighted by Crippen LogP contribution is -2.34. The fourth-order valence-electron chi connectivity index (χ4n) is 4.67. The summed E-state index contributed by atoms with van der Waals surface area (Å²) >= 11 is 0. The highest BCUT2D eigenvalue weighted by Crippen LogP contribution is 2.48. The Bertz CT molecular complexity index is 750. The average Bonchev–Trinajstić information content (AvgIpc) is 2.57. The van der Waals surface area contributed by atoms with Crippen molar-refractivity contribution in [1.82, 2.24) is 0 Å². The standard InChI is InChI=1S/C24H32O2/c1-23(2)13-14-24(3,4)21-16-19-17(9-6-5-7-12-22(25)26)10-8-11-18(19)15-20(21)23/h5-7,12,15-17H,8-11,13-14H2,1-4H3,(H,25,26). The van der Waals surface area contributed by atoms with Crippen LogP contribution in [0, 0.1) is 0 Å². The Morgan fingerprint density at radius 3 is 2.42 bits per heavy atom. The quantitative estimate of drug-likeness (QED) is 0.529. The monoisotopic (exact) mass is 352 g/mol. The van der Waals surface area contributed by atoms with Crippen LogP contribution in [0.1, 0.15) is 88.0 Å². The van der Waals surface area contributed by atoms with Gasteiger partial charge in [-0.05, 0) is 77.5 Å². The molecule has 0 fully saturated rings. The normalized spacial score (nSPS) is 23.8. The van der Waals surface area contributed by atoms with Crippen LogP contribution in [0.5, 0.6) is 0 Å². The van der Waals surface area contributed by atoms with Gasteiger partial charge in [0.15, 0.2) is 0 Å². The third kappa shape index (κ3) is 3.79. The van der Waals surface area contributed by atoms with Gasteiger partial charge < -0.3 is 5.11 Å². The van der Waals surface area contributed by atoms with Crippen LogP contribution in [0.2, 0.25) is 0 Å². The first-order chi connectivity index (χ1) is 12.2. The molecule has 0 saturated heterocycles. The second-order valence-corrected chi connectivity index (χ2v) is 9.31. The van der Waals surface area contributed by atoms with Crippen molar-refractivity contribution in [2.75, 3.05) is 0 Å². The molecular formula is C24H32O2. The van der Waals surface area contributed by atoms with Crippen molar-refractivity contribution in [1.29, 1.82) is 0 Å². The maximum atomic E-state index is 10.6. The van der Waals surface area contributed by atoms with E-state index in [1.165, 1.54) is 43.7 Å². The van der Waals surface area contributed by atoms with E-state index in [4.69, 9.17) is 5.11 Å². The minimum atomic E-state index is -0.894. The van der Waals surface area contributed by atoms with E-state index >= 15 is 0 Å². The zero-order chi connectivity index (χ0) is 18.9. The molecule has 2 nitrogen and oxygen atoms in total. The molecule has 1 aromatic rings. The van der Waals surface area contributed by atoms with Gasteiger partial charge >= 0.3 is 5.97 Å². The van der Waals surface area contributed by atoms with Gasteiger partial charge in [-0.1, -0.05) is 58.1 Å². The first-order valence-corrected chi connectivity index (χ1v) is 9.95. The minimum absolute atomic E-state index is 0.252. The van der Waals surface area contributed by atoms with E-state index < -0.39 is 5.97 Å². The lowest BCUT2D eigenvalue weighted by atomic mass is 9.61. The number of carboxylic acid groups (broad SMARTS) is 1. The van der Waals surface area contributed by atoms with E-state index in [1.807, 2.05) is 6.08 Å². The fourth-order valence-corrected chi connectivity index (χ4v) is 4.67. The second kappa shape index (κ2) is 7.06. The van der Waals surface area contributed by atoms with Gasteiger partial charge in [0.05, 0.1) is 0 Å². The van der Waals surface area contributed by atoms with E-state index in [0.29, 0.717) is 5.92 Å². The molecule has 0 amide bonds. The predicted octanol–water partition coefficient (Wildman–Crippen LogP) is 6.04. The molecule has 2 heteroatoms. The zero-order valence-electron chi connectivity index (χ0n) is 16.6. The molecule has 0 aromatic heterocycles. The number of aryl methyl sites for hydroxylation is 1. The predicted molar refractivity (Wildman–Crippen MR) is 108 cm³/mol. The molecule has 1 N–H and O–H groups in total. The van der Waals surface area contributed by atoms with Crippen LogP contribution in [0.3, 0.4) is 0 Å². The van der Waals surface area contributed by atoms with E-state index in [1.54, 1.807) is 22.8 Å². The van der Waals surface area contributed by atoms with Crippen molar-refractivity contribution >= 4 is 5.97 Å². The van der Waals surface area contributed by atoms with Crippen LogP contribution in [-0.2, 0) is 22.0 Å². The Hall–Kier alpha value is -1.83. The minimum Gasteiger partial charge on any atom is -0.478 e. The first-order valence-electron chi connectivity index (χ1n) is 9.95. The van der Waals surface area contributed by atoms with Gasteiger partial charge in [-0.3, -0.25) is 0 Å². The number of fused-ring (bicyclic) bond motifs is 2. The summed E-state index contributed by atoms with van der Waals surface area (Å²) in [4.78, 5) is 10.6. The number of carbonyl (C=O) groups is 1. The molecule has 1 unspecified atom stereocenters. The van der Waals surface area contributed by atoms with Gasteiger partial charge in [-0.15, -0.1) is 0 Å². The lowest BCUT2D eigenvalue weighted by molar-refractivity contribution is -0.131. The molecule has 0 spiro atoms. The largest absolute Gasteiger partial charge is 0.478 e. The maximum absolute atomic E-state index is 10.6. The van der Waals surface area contributed by atoms with E-state index in [9.17, 15) is 4.79 Å². The van der Waals surface area contributed by atoms with Crippen LogP contribution in [0.25, 0.3) is 0 Å². The Kier molecular flexibility index (Phi) is 5.14. The third-order valence-corrected chi connectivity index (χ3v) is 6.46. The summed E-state index contributed by atoms with van der Waals surface area (Å²) in [5, 5.41) is 8.67. The van der Waals surface area contributed by atoms with Crippen molar-refractivity contribution in [3.05, 3.63) is 58.7 Å². The number of rotatable bonds is 4. The molecule has 1 aromatic carbocycles. The van der Waals surface area contributed by atoms with Crippen molar-refractivity contribution in [2.24, 2.45) is 0 Å². The van der Waals surface area contributed by atoms with E-state index in [-0.39, 0.29) is 10.8 Å². The Labute approximate surface area is 158 Å². The van der Waals surface area contributed by atoms with Crippen molar-refractivity contribution < 1.29 is 9.90 Å². The third-order valence-electron chi connectivity index (χ3n) is 6.46. The molecule has 2 aliphatic carbocycles. The molecule has 0 radical (unpaired) electrons. The molecular weight excluding hydrogens is 320 g/mol. The molecule has 2 aliphatic rings. The van der Waals surface area contributed by atoms with E-state index in [2.05, 4.69) is 45.9 Å². The zero-order valence-corrected chi connectivity index (χ0v) is 16.6. The summed E-state index contributed by atoms with van der Waals surface area (Å²) in [5.41, 5.74) is 6.71. The molecule has 140 valence electrons. The second-order valence-electron chi connectivity index (χ2n) is 9.31. The first kappa shape index (κ1) is 18.9. The highest BCUT2D eigenvalue weighted by molar-refractivity contribution is 5.80. The Morgan fingerprint density at radius 1 is 1.12 bits per heavy atom. The van der Waals surface area contributed by atoms with Gasteiger partial charge in [0.1, 0.15) is 0 Å². The summed E-state index contributed by atoms with van der Waals surface area (Å²) in [5.74, 6) is -0.339. The number of hydrogen-bond acceptors (Lipinski definition) is 1. The van der Waals surface area contributed by atoms with Crippen LogP contribution >= 0.6 is 0 Å². The molecule has 0 aliphatic heterocycles. The lowest BCUT2D eigenvalue weighted by Gasteiger charge is -2.43. The number of aliphatic carboxylic acids is 1. The van der Waals surface area contributed by atoms with Crippen LogP contribution in [0.15, 0.2) is 36.4 Å². The summed E-state index contributed by atoms with van der Waals surface area (Å²) in [6.07, 6.45) is 13.9. The molecule has 0 saturated carbocycles. The number of carboxylic acids is 1. The van der Waals surface area contributed by atoms with Gasteiger partial charge in [0, 0.05) is 6.08 Å². The highest BCUT2D eigenvalue weighted by atomic mass is 16.4. The van der Waals surface area contributed by atoms with Gasteiger partial charge in [-0.25, -0.2) is 4.79 Å². The van der Waals surface area contributed by atoms with Crippen LogP contribution < -0.4 is 0 Å². The van der Waals surface area contributed by atoms with Gasteiger partial charge in [0.2, 0.25) is 0 Å².